The average molecular weight is 220 g/mol. The number of carbonyl (C=O) groups is 1. The molecule has 0 saturated carbocycles. The Bertz CT molecular complexity index is 324. The van der Waals surface area contributed by atoms with Crippen LogP contribution in [0.3, 0.4) is 0 Å². The van der Waals surface area contributed by atoms with Crippen molar-refractivity contribution in [3.63, 3.8) is 0 Å². The quantitative estimate of drug-likeness (QED) is 0.797. The Morgan fingerprint density at radius 2 is 2.00 bits per heavy atom. The van der Waals surface area contributed by atoms with Gasteiger partial charge in [0.25, 0.3) is 0 Å². The zero-order chi connectivity index (χ0) is 12.0. The van der Waals surface area contributed by atoms with E-state index in [4.69, 9.17) is 5.73 Å². The molecule has 1 aromatic rings. The molecule has 3 nitrogen and oxygen atoms in total. The van der Waals surface area contributed by atoms with Crippen LogP contribution in [0.5, 0.6) is 0 Å². The van der Waals surface area contributed by atoms with E-state index in [0.717, 1.165) is 12.0 Å². The van der Waals surface area contributed by atoms with E-state index in [0.29, 0.717) is 6.42 Å². The van der Waals surface area contributed by atoms with E-state index in [2.05, 4.69) is 5.32 Å². The third-order valence-electron chi connectivity index (χ3n) is 2.65. The molecule has 0 aliphatic rings. The molecule has 1 unspecified atom stereocenters. The van der Waals surface area contributed by atoms with Crippen molar-refractivity contribution < 1.29 is 4.79 Å². The Morgan fingerprint density at radius 1 is 1.38 bits per heavy atom. The van der Waals surface area contributed by atoms with Crippen LogP contribution in [0.1, 0.15) is 38.3 Å². The fourth-order valence-corrected chi connectivity index (χ4v) is 1.51. The zero-order valence-corrected chi connectivity index (χ0v) is 9.94. The van der Waals surface area contributed by atoms with Crippen molar-refractivity contribution in [1.29, 1.82) is 0 Å². The highest BCUT2D eigenvalue weighted by Crippen LogP contribution is 2.11. The molecule has 0 heterocycles. The van der Waals surface area contributed by atoms with E-state index in [1.807, 2.05) is 44.2 Å². The van der Waals surface area contributed by atoms with Crippen LogP contribution >= 0.6 is 0 Å². The lowest BCUT2D eigenvalue weighted by Crippen LogP contribution is -2.32. The van der Waals surface area contributed by atoms with Crippen molar-refractivity contribution >= 4 is 5.91 Å². The van der Waals surface area contributed by atoms with E-state index in [9.17, 15) is 4.79 Å². The molecular weight excluding hydrogens is 200 g/mol. The smallest absolute Gasteiger partial charge is 0.222 e. The fraction of sp³-hybridized carbons (Fsp3) is 0.462. The Morgan fingerprint density at radius 3 is 2.56 bits per heavy atom. The lowest BCUT2D eigenvalue weighted by Gasteiger charge is -2.15. The van der Waals surface area contributed by atoms with E-state index in [1.54, 1.807) is 0 Å². The minimum atomic E-state index is -0.0389. The molecule has 1 aromatic carbocycles. The average Bonchev–Trinajstić information content (AvgIpc) is 2.29. The summed E-state index contributed by atoms with van der Waals surface area (Å²) in [7, 11) is 0. The molecule has 0 saturated heterocycles. The lowest BCUT2D eigenvalue weighted by atomic mass is 10.1. The van der Waals surface area contributed by atoms with Gasteiger partial charge in [-0.3, -0.25) is 4.79 Å². The highest BCUT2D eigenvalue weighted by atomic mass is 16.1. The van der Waals surface area contributed by atoms with Crippen LogP contribution in [0.2, 0.25) is 0 Å². The second-order valence-electron chi connectivity index (χ2n) is 4.07. The van der Waals surface area contributed by atoms with Gasteiger partial charge in [0, 0.05) is 12.5 Å². The minimum absolute atomic E-state index is 0.0192. The van der Waals surface area contributed by atoms with Crippen LogP contribution in [0, 0.1) is 0 Å². The largest absolute Gasteiger partial charge is 0.350 e. The van der Waals surface area contributed by atoms with Gasteiger partial charge in [0.15, 0.2) is 0 Å². The topological polar surface area (TPSA) is 55.1 Å². The molecule has 0 bridgehead atoms. The van der Waals surface area contributed by atoms with Crippen molar-refractivity contribution in [2.24, 2.45) is 5.73 Å². The predicted molar refractivity (Wildman–Crippen MR) is 65.9 cm³/mol. The van der Waals surface area contributed by atoms with Crippen molar-refractivity contribution in [2.75, 3.05) is 0 Å². The monoisotopic (exact) mass is 220 g/mol. The van der Waals surface area contributed by atoms with E-state index >= 15 is 0 Å². The number of nitrogens with one attached hydrogen (secondary N) is 1. The van der Waals surface area contributed by atoms with Gasteiger partial charge >= 0.3 is 0 Å². The van der Waals surface area contributed by atoms with E-state index < -0.39 is 0 Å². The van der Waals surface area contributed by atoms with Gasteiger partial charge in [0.05, 0.1) is 6.04 Å². The molecule has 3 heteroatoms. The number of hydrogen-bond donors (Lipinski definition) is 2. The Kier molecular flexibility index (Phi) is 4.99. The highest BCUT2D eigenvalue weighted by molar-refractivity contribution is 5.77. The lowest BCUT2D eigenvalue weighted by molar-refractivity contribution is -0.122. The summed E-state index contributed by atoms with van der Waals surface area (Å²) in [6.07, 6.45) is 1.22. The fourth-order valence-electron chi connectivity index (χ4n) is 1.51. The number of benzene rings is 1. The number of hydrogen-bond acceptors (Lipinski definition) is 2. The second-order valence-corrected chi connectivity index (χ2v) is 4.07. The van der Waals surface area contributed by atoms with Gasteiger partial charge in [-0.25, -0.2) is 0 Å². The molecule has 3 N–H and O–H groups in total. The number of rotatable bonds is 5. The summed E-state index contributed by atoms with van der Waals surface area (Å²) in [5.41, 5.74) is 6.84. The third kappa shape index (κ3) is 4.03. The van der Waals surface area contributed by atoms with E-state index in [-0.39, 0.29) is 18.0 Å². The third-order valence-corrected chi connectivity index (χ3v) is 2.65. The molecule has 1 amide bonds. The molecule has 0 aliphatic heterocycles. The number of nitrogens with two attached hydrogens (primary N) is 1. The van der Waals surface area contributed by atoms with Gasteiger partial charge in [0.1, 0.15) is 0 Å². The van der Waals surface area contributed by atoms with Gasteiger partial charge < -0.3 is 11.1 Å². The first kappa shape index (κ1) is 12.7. The molecule has 0 spiro atoms. The maximum Gasteiger partial charge on any atom is 0.222 e. The maximum atomic E-state index is 11.6. The molecule has 0 fully saturated rings. The summed E-state index contributed by atoms with van der Waals surface area (Å²) >= 11 is 0. The van der Waals surface area contributed by atoms with Gasteiger partial charge in [-0.05, 0) is 18.9 Å². The van der Waals surface area contributed by atoms with Crippen molar-refractivity contribution in [3.8, 4) is 0 Å². The van der Waals surface area contributed by atoms with Gasteiger partial charge in [0.2, 0.25) is 5.91 Å². The highest BCUT2D eigenvalue weighted by Gasteiger charge is 2.11. The first-order chi connectivity index (χ1) is 7.63. The molecule has 0 aliphatic carbocycles. The Hall–Kier alpha value is -1.35. The summed E-state index contributed by atoms with van der Waals surface area (Å²) in [4.78, 5) is 11.6. The summed E-state index contributed by atoms with van der Waals surface area (Å²) in [5.74, 6) is 0.0192. The van der Waals surface area contributed by atoms with Crippen LogP contribution < -0.4 is 11.1 Å². The normalized spacial score (nSPS) is 14.2. The first-order valence-corrected chi connectivity index (χ1v) is 5.73. The molecule has 1 rings (SSSR count). The van der Waals surface area contributed by atoms with Crippen LogP contribution in [0.4, 0.5) is 0 Å². The maximum absolute atomic E-state index is 11.6. The molecule has 16 heavy (non-hydrogen) atoms. The summed E-state index contributed by atoms with van der Waals surface area (Å²) < 4.78 is 0. The second kappa shape index (κ2) is 6.28. The minimum Gasteiger partial charge on any atom is -0.350 e. The van der Waals surface area contributed by atoms with Crippen molar-refractivity contribution in [3.05, 3.63) is 35.9 Å². The molecule has 0 aromatic heterocycles. The van der Waals surface area contributed by atoms with Crippen LogP contribution in [-0.2, 0) is 4.79 Å². The van der Waals surface area contributed by atoms with Crippen molar-refractivity contribution in [1.82, 2.24) is 5.32 Å². The van der Waals surface area contributed by atoms with Crippen LogP contribution in [-0.4, -0.2) is 11.9 Å². The van der Waals surface area contributed by atoms with Crippen LogP contribution in [0.25, 0.3) is 0 Å². The predicted octanol–water partition coefficient (Wildman–Crippen LogP) is 1.99. The van der Waals surface area contributed by atoms with Gasteiger partial charge in [-0.15, -0.1) is 0 Å². The van der Waals surface area contributed by atoms with Crippen LogP contribution in [0.15, 0.2) is 30.3 Å². The van der Waals surface area contributed by atoms with Gasteiger partial charge in [-0.1, -0.05) is 37.3 Å². The number of carbonyl (C=O) groups excluding carboxylic acids is 1. The number of amides is 1. The van der Waals surface area contributed by atoms with Gasteiger partial charge in [-0.2, -0.15) is 0 Å². The van der Waals surface area contributed by atoms with Crippen molar-refractivity contribution in [2.45, 2.75) is 38.8 Å². The zero-order valence-electron chi connectivity index (χ0n) is 9.94. The summed E-state index contributed by atoms with van der Waals surface area (Å²) in [6.45, 7) is 3.96. The Balaban J connectivity index is 2.46. The Labute approximate surface area is 97.0 Å². The molecular formula is C13H20N2O. The molecule has 88 valence electrons. The first-order valence-electron chi connectivity index (χ1n) is 5.73. The molecule has 2 atom stereocenters. The summed E-state index contributed by atoms with van der Waals surface area (Å²) in [6, 6.07) is 9.91. The summed E-state index contributed by atoms with van der Waals surface area (Å²) in [5, 5.41) is 2.94. The van der Waals surface area contributed by atoms with E-state index in [1.165, 1.54) is 0 Å². The standard InChI is InChI=1S/C13H20N2O/c1-3-12(14)9-13(16)15-10(2)11-7-5-4-6-8-11/h4-8,10,12H,3,9,14H2,1-2H3,(H,15,16)/t10-,12?/m1/s1. The molecule has 0 radical (unpaired) electrons. The SMILES string of the molecule is CCC(N)CC(=O)N[C@H](C)c1ccccc1.